The molecule has 6 heteroatoms. The minimum Gasteiger partial charge on any atom is -0.497 e. The van der Waals surface area contributed by atoms with Crippen molar-refractivity contribution in [1.29, 1.82) is 0 Å². The predicted molar refractivity (Wildman–Crippen MR) is 83.0 cm³/mol. The van der Waals surface area contributed by atoms with Crippen molar-refractivity contribution in [3.63, 3.8) is 0 Å². The average molecular weight is 312 g/mol. The van der Waals surface area contributed by atoms with Crippen molar-refractivity contribution < 1.29 is 18.7 Å². The van der Waals surface area contributed by atoms with Gasteiger partial charge in [-0.2, -0.15) is 0 Å². The summed E-state index contributed by atoms with van der Waals surface area (Å²) in [5, 5.41) is 1.12. The van der Waals surface area contributed by atoms with Gasteiger partial charge in [0.2, 0.25) is 0 Å². The number of nitrogens with zero attached hydrogens (tertiary/aromatic N) is 1. The summed E-state index contributed by atoms with van der Waals surface area (Å²) in [5.41, 5.74) is 3.01. The lowest BCUT2D eigenvalue weighted by molar-refractivity contribution is -0.117. The van der Waals surface area contributed by atoms with Crippen molar-refractivity contribution in [2.75, 3.05) is 12.1 Å². The number of methoxy groups -OCH3 is 1. The topological polar surface area (TPSA) is 58.6 Å². The van der Waals surface area contributed by atoms with E-state index >= 15 is 0 Å². The molecule has 1 saturated heterocycles. The van der Waals surface area contributed by atoms with Gasteiger partial charge in [-0.25, -0.2) is 9.40 Å². The van der Waals surface area contributed by atoms with Crippen LogP contribution in [0.5, 0.6) is 5.75 Å². The average Bonchev–Trinajstić information content (AvgIpc) is 2.85. The zero-order valence-electron chi connectivity index (χ0n) is 12.2. The summed E-state index contributed by atoms with van der Waals surface area (Å²) in [6.07, 6.45) is 1.25. The maximum atomic E-state index is 13.7. The molecule has 2 aromatic rings. The Kier molecular flexibility index (Phi) is 3.80. The number of hydrazine groups is 1. The van der Waals surface area contributed by atoms with E-state index in [2.05, 4.69) is 5.43 Å². The summed E-state index contributed by atoms with van der Waals surface area (Å²) >= 11 is 0. The van der Waals surface area contributed by atoms with Crippen molar-refractivity contribution >= 4 is 23.6 Å². The molecule has 1 fully saturated rings. The molecule has 116 valence electrons. The Labute approximate surface area is 131 Å². The third kappa shape index (κ3) is 2.78. The molecule has 5 nitrogen and oxygen atoms in total. The number of benzene rings is 2. The number of halogens is 1. The van der Waals surface area contributed by atoms with Crippen molar-refractivity contribution in [2.24, 2.45) is 0 Å². The second kappa shape index (κ2) is 5.92. The number of hydrogen-bond acceptors (Lipinski definition) is 3. The summed E-state index contributed by atoms with van der Waals surface area (Å²) < 4.78 is 18.7. The predicted octanol–water partition coefficient (Wildman–Crippen LogP) is 2.30. The fraction of sp³-hybridized carbons (Fsp3) is 0.0588. The first kappa shape index (κ1) is 14.8. The number of rotatable bonds is 3. The molecule has 3 rings (SSSR count). The maximum Gasteiger partial charge on any atom is 0.282 e. The molecule has 0 saturated carbocycles. The molecule has 2 aromatic carbocycles. The molecule has 0 unspecified atom stereocenters. The first-order valence-electron chi connectivity index (χ1n) is 6.86. The zero-order valence-corrected chi connectivity index (χ0v) is 12.2. The molecule has 0 aliphatic carbocycles. The van der Waals surface area contributed by atoms with Crippen LogP contribution in [0.1, 0.15) is 5.56 Å². The van der Waals surface area contributed by atoms with E-state index in [1.165, 1.54) is 31.4 Å². The lowest BCUT2D eigenvalue weighted by Gasteiger charge is -2.14. The Morgan fingerprint density at radius 1 is 1.09 bits per heavy atom. The molecule has 2 amide bonds. The lowest BCUT2D eigenvalue weighted by atomic mass is 10.1. The minimum absolute atomic E-state index is 0.120. The van der Waals surface area contributed by atoms with Crippen LogP contribution in [0, 0.1) is 5.82 Å². The van der Waals surface area contributed by atoms with E-state index in [9.17, 15) is 14.0 Å². The normalized spacial score (nSPS) is 15.9. The number of carbonyl (C=O) groups is 2. The van der Waals surface area contributed by atoms with Crippen LogP contribution in [0.3, 0.4) is 0 Å². The monoisotopic (exact) mass is 312 g/mol. The van der Waals surface area contributed by atoms with Crippen LogP contribution in [0.25, 0.3) is 6.08 Å². The number of nitrogens with one attached hydrogen (secondary N) is 1. The molecule has 0 aromatic heterocycles. The van der Waals surface area contributed by atoms with Crippen LogP contribution in [0.2, 0.25) is 0 Å². The minimum atomic E-state index is -0.575. The first-order valence-corrected chi connectivity index (χ1v) is 6.86. The van der Waals surface area contributed by atoms with Crippen LogP contribution in [-0.4, -0.2) is 18.9 Å². The fourth-order valence-corrected chi connectivity index (χ4v) is 2.22. The van der Waals surface area contributed by atoms with Gasteiger partial charge < -0.3 is 4.74 Å². The third-order valence-corrected chi connectivity index (χ3v) is 3.43. The van der Waals surface area contributed by atoms with E-state index in [4.69, 9.17) is 4.74 Å². The summed E-state index contributed by atoms with van der Waals surface area (Å²) in [5.74, 6) is -0.977. The number of hydrogen-bond donors (Lipinski definition) is 1. The Hall–Kier alpha value is -3.15. The first-order chi connectivity index (χ1) is 11.1. The largest absolute Gasteiger partial charge is 0.497 e. The van der Waals surface area contributed by atoms with Crippen LogP contribution in [0.15, 0.2) is 54.1 Å². The highest BCUT2D eigenvalue weighted by molar-refractivity contribution is 6.31. The standard InChI is InChI=1S/C17H13FN2O3/c1-23-13-8-6-12(7-9-13)20-17(22)14(16(21)19-20)10-11-4-2-3-5-15(11)18/h2-10H,1H3,(H,19,21)/b14-10+. The van der Waals surface area contributed by atoms with Gasteiger partial charge in [-0.3, -0.25) is 15.0 Å². The Balaban J connectivity index is 1.92. The summed E-state index contributed by atoms with van der Waals surface area (Å²) in [6, 6.07) is 12.6. The maximum absolute atomic E-state index is 13.7. The van der Waals surface area contributed by atoms with E-state index < -0.39 is 17.6 Å². The smallest absolute Gasteiger partial charge is 0.282 e. The molecule has 0 radical (unpaired) electrons. The molecular weight excluding hydrogens is 299 g/mol. The highest BCUT2D eigenvalue weighted by atomic mass is 19.1. The number of ether oxygens (including phenoxy) is 1. The van der Waals surface area contributed by atoms with Gasteiger partial charge in [0.15, 0.2) is 0 Å². The molecule has 23 heavy (non-hydrogen) atoms. The van der Waals surface area contributed by atoms with Gasteiger partial charge in [0.1, 0.15) is 17.1 Å². The Morgan fingerprint density at radius 3 is 2.43 bits per heavy atom. The molecule has 1 aliphatic rings. The van der Waals surface area contributed by atoms with E-state index in [0.717, 1.165) is 5.01 Å². The number of amides is 2. The van der Waals surface area contributed by atoms with E-state index in [0.29, 0.717) is 11.4 Å². The molecule has 0 bridgehead atoms. The fourth-order valence-electron chi connectivity index (χ4n) is 2.22. The van der Waals surface area contributed by atoms with Gasteiger partial charge in [-0.05, 0) is 36.4 Å². The molecule has 1 aliphatic heterocycles. The van der Waals surface area contributed by atoms with E-state index in [1.54, 1.807) is 30.3 Å². The highest BCUT2D eigenvalue weighted by Gasteiger charge is 2.34. The quantitative estimate of drug-likeness (QED) is 0.699. The molecule has 0 spiro atoms. The second-order valence-corrected chi connectivity index (χ2v) is 4.86. The summed E-state index contributed by atoms with van der Waals surface area (Å²) in [4.78, 5) is 24.4. The van der Waals surface area contributed by atoms with Crippen molar-refractivity contribution in [3.8, 4) is 5.75 Å². The highest BCUT2D eigenvalue weighted by Crippen LogP contribution is 2.24. The van der Waals surface area contributed by atoms with Crippen LogP contribution in [0.4, 0.5) is 10.1 Å². The van der Waals surface area contributed by atoms with Crippen molar-refractivity contribution in [3.05, 3.63) is 65.5 Å². The van der Waals surface area contributed by atoms with Crippen LogP contribution in [-0.2, 0) is 9.59 Å². The van der Waals surface area contributed by atoms with Crippen LogP contribution < -0.4 is 15.2 Å². The third-order valence-electron chi connectivity index (χ3n) is 3.43. The zero-order chi connectivity index (χ0) is 16.4. The van der Waals surface area contributed by atoms with Crippen molar-refractivity contribution in [1.82, 2.24) is 5.43 Å². The van der Waals surface area contributed by atoms with Gasteiger partial charge in [-0.15, -0.1) is 0 Å². The van der Waals surface area contributed by atoms with Crippen LogP contribution >= 0.6 is 0 Å². The number of anilines is 1. The van der Waals surface area contributed by atoms with Gasteiger partial charge in [0, 0.05) is 5.56 Å². The summed E-state index contributed by atoms with van der Waals surface area (Å²) in [6.45, 7) is 0. The Bertz CT molecular complexity index is 800. The lowest BCUT2D eigenvalue weighted by Crippen LogP contribution is -2.35. The number of carbonyl (C=O) groups excluding carboxylic acids is 2. The van der Waals surface area contributed by atoms with E-state index in [1.807, 2.05) is 0 Å². The second-order valence-electron chi connectivity index (χ2n) is 4.86. The van der Waals surface area contributed by atoms with Gasteiger partial charge in [-0.1, -0.05) is 18.2 Å². The molecule has 1 heterocycles. The molecule has 0 atom stereocenters. The molecular formula is C17H13FN2O3. The van der Waals surface area contributed by atoms with Gasteiger partial charge in [0.05, 0.1) is 12.8 Å². The SMILES string of the molecule is COc1ccc(N2NC(=O)/C(=C\c3ccccc3F)C2=O)cc1. The Morgan fingerprint density at radius 2 is 1.78 bits per heavy atom. The van der Waals surface area contributed by atoms with E-state index in [-0.39, 0.29) is 11.1 Å². The van der Waals surface area contributed by atoms with Gasteiger partial charge >= 0.3 is 0 Å². The summed E-state index contributed by atoms with van der Waals surface area (Å²) in [7, 11) is 1.53. The van der Waals surface area contributed by atoms with Gasteiger partial charge in [0.25, 0.3) is 11.8 Å². The van der Waals surface area contributed by atoms with Crippen molar-refractivity contribution in [2.45, 2.75) is 0 Å². The molecule has 1 N–H and O–H groups in total.